The lowest BCUT2D eigenvalue weighted by molar-refractivity contribution is -0.137. The van der Waals surface area contributed by atoms with E-state index in [9.17, 15) is 13.2 Å². The fraction of sp³-hybridized carbons (Fsp3) is 0.357. The van der Waals surface area contributed by atoms with Crippen LogP contribution < -0.4 is 11.3 Å². The molecule has 1 atom stereocenters. The summed E-state index contributed by atoms with van der Waals surface area (Å²) >= 11 is 0. The fourth-order valence-corrected chi connectivity index (χ4v) is 2.12. The molecule has 4 nitrogen and oxygen atoms in total. The van der Waals surface area contributed by atoms with Crippen LogP contribution in [-0.2, 0) is 19.1 Å². The molecule has 0 fully saturated rings. The summed E-state index contributed by atoms with van der Waals surface area (Å²) in [6, 6.07) is 4.98. The van der Waals surface area contributed by atoms with Gasteiger partial charge in [-0.3, -0.25) is 16.0 Å². The molecule has 1 aromatic carbocycles. The fourth-order valence-electron chi connectivity index (χ4n) is 2.12. The highest BCUT2D eigenvalue weighted by Crippen LogP contribution is 2.30. The van der Waals surface area contributed by atoms with Crippen molar-refractivity contribution >= 4 is 0 Å². The second-order valence-electron chi connectivity index (χ2n) is 4.75. The van der Waals surface area contributed by atoms with Crippen LogP contribution >= 0.6 is 0 Å². The third-order valence-electron chi connectivity index (χ3n) is 3.27. The molecule has 1 aromatic heterocycles. The molecule has 1 heterocycles. The molecule has 0 aliphatic rings. The molecular weight excluding hydrogens is 281 g/mol. The lowest BCUT2D eigenvalue weighted by Gasteiger charge is -2.15. The quantitative estimate of drug-likeness (QED) is 0.659. The Balaban J connectivity index is 2.18. The number of hydrazine groups is 1. The van der Waals surface area contributed by atoms with Gasteiger partial charge in [0.2, 0.25) is 0 Å². The van der Waals surface area contributed by atoms with Crippen molar-refractivity contribution in [2.45, 2.75) is 32.1 Å². The summed E-state index contributed by atoms with van der Waals surface area (Å²) in [5.74, 6) is 5.52. The van der Waals surface area contributed by atoms with E-state index in [-0.39, 0.29) is 6.04 Å². The summed E-state index contributed by atoms with van der Waals surface area (Å²) in [5, 5.41) is 4.14. The number of hydrogen-bond donors (Lipinski definition) is 2. The standard InChI is InChI=1S/C14H17F3N4/c1-2-21-9-11(8-19-21)13(20-18)7-10-4-3-5-12(6-10)14(15,16)17/h3-6,8-9,13,20H,2,7,18H2,1H3. The molecule has 0 bridgehead atoms. The Morgan fingerprint density at radius 3 is 2.71 bits per heavy atom. The van der Waals surface area contributed by atoms with Crippen molar-refractivity contribution in [2.75, 3.05) is 0 Å². The Bertz CT molecular complexity index is 592. The van der Waals surface area contributed by atoms with Crippen LogP contribution in [0.4, 0.5) is 13.2 Å². The molecule has 21 heavy (non-hydrogen) atoms. The van der Waals surface area contributed by atoms with E-state index >= 15 is 0 Å². The molecule has 0 aliphatic carbocycles. The molecule has 0 amide bonds. The van der Waals surface area contributed by atoms with Crippen molar-refractivity contribution in [3.63, 3.8) is 0 Å². The predicted molar refractivity (Wildman–Crippen MR) is 73.1 cm³/mol. The average molecular weight is 298 g/mol. The van der Waals surface area contributed by atoms with E-state index in [1.165, 1.54) is 6.07 Å². The molecule has 114 valence electrons. The molecule has 0 spiro atoms. The highest BCUT2D eigenvalue weighted by molar-refractivity contribution is 5.27. The van der Waals surface area contributed by atoms with Gasteiger partial charge in [-0.25, -0.2) is 0 Å². The van der Waals surface area contributed by atoms with Gasteiger partial charge in [0.1, 0.15) is 0 Å². The summed E-state index contributed by atoms with van der Waals surface area (Å²) in [7, 11) is 0. The van der Waals surface area contributed by atoms with E-state index in [0.29, 0.717) is 12.0 Å². The summed E-state index contributed by atoms with van der Waals surface area (Å²) in [6.07, 6.45) is -0.482. The van der Waals surface area contributed by atoms with E-state index in [4.69, 9.17) is 5.84 Å². The normalized spacial score (nSPS) is 13.4. The number of aromatic nitrogens is 2. The molecule has 0 radical (unpaired) electrons. The SMILES string of the molecule is CCn1cc(C(Cc2cccc(C(F)(F)F)c2)NN)cn1. The van der Waals surface area contributed by atoms with Gasteiger partial charge in [-0.2, -0.15) is 18.3 Å². The van der Waals surface area contributed by atoms with Gasteiger partial charge >= 0.3 is 6.18 Å². The first kappa shape index (κ1) is 15.5. The Morgan fingerprint density at radius 1 is 1.38 bits per heavy atom. The molecule has 0 saturated carbocycles. The number of halogens is 3. The van der Waals surface area contributed by atoms with E-state index in [2.05, 4.69) is 10.5 Å². The second kappa shape index (κ2) is 6.28. The maximum Gasteiger partial charge on any atom is 0.416 e. The Kier molecular flexibility index (Phi) is 4.64. The van der Waals surface area contributed by atoms with E-state index in [1.54, 1.807) is 16.9 Å². The first-order chi connectivity index (χ1) is 9.94. The number of nitrogens with one attached hydrogen (secondary N) is 1. The van der Waals surface area contributed by atoms with Crippen molar-refractivity contribution in [1.82, 2.24) is 15.2 Å². The highest BCUT2D eigenvalue weighted by Gasteiger charge is 2.30. The molecule has 2 rings (SSSR count). The van der Waals surface area contributed by atoms with Crippen LogP contribution in [0.15, 0.2) is 36.7 Å². The van der Waals surface area contributed by atoms with Crippen LogP contribution in [0, 0.1) is 0 Å². The van der Waals surface area contributed by atoms with Crippen LogP contribution in [0.1, 0.15) is 29.7 Å². The lowest BCUT2D eigenvalue weighted by Crippen LogP contribution is -2.29. The molecule has 7 heteroatoms. The van der Waals surface area contributed by atoms with Crippen molar-refractivity contribution in [1.29, 1.82) is 0 Å². The molecule has 0 saturated heterocycles. The number of aryl methyl sites for hydroxylation is 1. The summed E-state index contributed by atoms with van der Waals surface area (Å²) in [5.41, 5.74) is 3.39. The number of nitrogens with zero attached hydrogens (tertiary/aromatic N) is 2. The monoisotopic (exact) mass is 298 g/mol. The van der Waals surface area contributed by atoms with E-state index < -0.39 is 11.7 Å². The zero-order valence-electron chi connectivity index (χ0n) is 11.6. The number of rotatable bonds is 5. The lowest BCUT2D eigenvalue weighted by atomic mass is 10.0. The largest absolute Gasteiger partial charge is 0.416 e. The van der Waals surface area contributed by atoms with Crippen LogP contribution in [-0.4, -0.2) is 9.78 Å². The third kappa shape index (κ3) is 3.83. The summed E-state index contributed by atoms with van der Waals surface area (Å²) < 4.78 is 39.9. The van der Waals surface area contributed by atoms with Gasteiger partial charge in [0.25, 0.3) is 0 Å². The third-order valence-corrected chi connectivity index (χ3v) is 3.27. The number of benzene rings is 1. The Hall–Kier alpha value is -1.86. The first-order valence-corrected chi connectivity index (χ1v) is 6.58. The minimum Gasteiger partial charge on any atom is -0.273 e. The van der Waals surface area contributed by atoms with Crippen LogP contribution in [0.25, 0.3) is 0 Å². The number of hydrogen-bond acceptors (Lipinski definition) is 3. The van der Waals surface area contributed by atoms with Gasteiger partial charge in [-0.15, -0.1) is 0 Å². The van der Waals surface area contributed by atoms with Gasteiger partial charge in [-0.1, -0.05) is 18.2 Å². The minimum absolute atomic E-state index is 0.284. The molecule has 2 aromatic rings. The highest BCUT2D eigenvalue weighted by atomic mass is 19.4. The molecule has 0 aliphatic heterocycles. The topological polar surface area (TPSA) is 55.9 Å². The summed E-state index contributed by atoms with van der Waals surface area (Å²) in [4.78, 5) is 0. The second-order valence-corrected chi connectivity index (χ2v) is 4.75. The van der Waals surface area contributed by atoms with Gasteiger partial charge < -0.3 is 0 Å². The van der Waals surface area contributed by atoms with Crippen molar-refractivity contribution in [3.05, 3.63) is 53.3 Å². The Morgan fingerprint density at radius 2 is 2.14 bits per heavy atom. The maximum atomic E-state index is 12.7. The van der Waals surface area contributed by atoms with Gasteiger partial charge in [0.15, 0.2) is 0 Å². The molecule has 3 N–H and O–H groups in total. The van der Waals surface area contributed by atoms with E-state index in [0.717, 1.165) is 24.2 Å². The zero-order chi connectivity index (χ0) is 15.5. The number of nitrogens with two attached hydrogens (primary N) is 1. The summed E-state index contributed by atoms with van der Waals surface area (Å²) in [6.45, 7) is 2.68. The van der Waals surface area contributed by atoms with Gasteiger partial charge in [0.05, 0.1) is 17.8 Å². The van der Waals surface area contributed by atoms with Gasteiger partial charge in [0, 0.05) is 18.3 Å². The van der Waals surface area contributed by atoms with Crippen molar-refractivity contribution in [2.24, 2.45) is 5.84 Å². The van der Waals surface area contributed by atoms with Crippen molar-refractivity contribution < 1.29 is 13.2 Å². The predicted octanol–water partition coefficient (Wildman–Crippen LogP) is 2.67. The Labute approximate surface area is 120 Å². The first-order valence-electron chi connectivity index (χ1n) is 6.58. The zero-order valence-corrected chi connectivity index (χ0v) is 11.6. The smallest absolute Gasteiger partial charge is 0.273 e. The molecular formula is C14H17F3N4. The average Bonchev–Trinajstić information content (AvgIpc) is 2.93. The number of alkyl halides is 3. The van der Waals surface area contributed by atoms with Crippen LogP contribution in [0.3, 0.4) is 0 Å². The van der Waals surface area contributed by atoms with Crippen molar-refractivity contribution in [3.8, 4) is 0 Å². The van der Waals surface area contributed by atoms with Crippen LogP contribution in [0.5, 0.6) is 0 Å². The van der Waals surface area contributed by atoms with Gasteiger partial charge in [-0.05, 0) is 25.0 Å². The van der Waals surface area contributed by atoms with Crippen LogP contribution in [0.2, 0.25) is 0 Å². The van der Waals surface area contributed by atoms with E-state index in [1.807, 2.05) is 13.1 Å². The molecule has 1 unspecified atom stereocenters. The maximum absolute atomic E-state index is 12.7. The minimum atomic E-state index is -4.34.